The Labute approximate surface area is 126 Å². The first-order valence-corrected chi connectivity index (χ1v) is 7.20. The van der Waals surface area contributed by atoms with Crippen molar-refractivity contribution in [3.05, 3.63) is 59.7 Å². The standard InChI is InChI=1S/C18H21NO2/c1-5-13(4)16(11-10-12(2)3)19-17(20)14-8-6-7-9-15(14)18(19)21/h5-10,13,16H,1,11H2,2-4H3/t13-,16+/m1/s1. The smallest absolute Gasteiger partial charge is 0.261 e. The molecule has 2 amide bonds. The second-order valence-electron chi connectivity index (χ2n) is 5.71. The fourth-order valence-corrected chi connectivity index (χ4v) is 2.58. The summed E-state index contributed by atoms with van der Waals surface area (Å²) in [6, 6.07) is 6.81. The maximum atomic E-state index is 12.6. The number of hydrogen-bond acceptors (Lipinski definition) is 2. The Balaban J connectivity index is 2.38. The minimum Gasteiger partial charge on any atom is -0.270 e. The average molecular weight is 283 g/mol. The third-order valence-electron chi connectivity index (χ3n) is 3.90. The van der Waals surface area contributed by atoms with Crippen molar-refractivity contribution in [2.45, 2.75) is 33.2 Å². The highest BCUT2D eigenvalue weighted by Gasteiger charge is 2.40. The summed E-state index contributed by atoms with van der Waals surface area (Å²) in [6.45, 7) is 9.82. The minimum atomic E-state index is -0.198. The van der Waals surface area contributed by atoms with Gasteiger partial charge >= 0.3 is 0 Å². The van der Waals surface area contributed by atoms with Crippen molar-refractivity contribution in [1.82, 2.24) is 4.90 Å². The molecule has 0 saturated carbocycles. The molecule has 1 aliphatic heterocycles. The van der Waals surface area contributed by atoms with Crippen LogP contribution >= 0.6 is 0 Å². The van der Waals surface area contributed by atoms with Gasteiger partial charge in [0.05, 0.1) is 11.1 Å². The first-order valence-electron chi connectivity index (χ1n) is 7.20. The fraction of sp³-hybridized carbons (Fsp3) is 0.333. The maximum absolute atomic E-state index is 12.6. The molecular weight excluding hydrogens is 262 g/mol. The molecule has 3 heteroatoms. The summed E-state index contributed by atoms with van der Waals surface area (Å²) >= 11 is 0. The van der Waals surface area contributed by atoms with E-state index in [4.69, 9.17) is 0 Å². The molecule has 0 bridgehead atoms. The van der Waals surface area contributed by atoms with E-state index in [0.717, 1.165) is 0 Å². The lowest BCUT2D eigenvalue weighted by molar-refractivity contribution is 0.0554. The molecule has 21 heavy (non-hydrogen) atoms. The molecule has 1 aromatic carbocycles. The Morgan fingerprint density at radius 3 is 2.14 bits per heavy atom. The highest BCUT2D eigenvalue weighted by Crippen LogP contribution is 2.29. The SMILES string of the molecule is C=C[C@@H](C)[C@H](CC=C(C)C)N1C(=O)c2ccccc2C1=O. The largest absolute Gasteiger partial charge is 0.270 e. The third kappa shape index (κ3) is 2.82. The lowest BCUT2D eigenvalue weighted by Crippen LogP contribution is -2.43. The predicted molar refractivity (Wildman–Crippen MR) is 84.1 cm³/mol. The minimum absolute atomic E-state index is 0.0443. The molecule has 3 nitrogen and oxygen atoms in total. The van der Waals surface area contributed by atoms with Gasteiger partial charge in [0.2, 0.25) is 0 Å². The second-order valence-corrected chi connectivity index (χ2v) is 5.71. The van der Waals surface area contributed by atoms with Crippen molar-refractivity contribution >= 4 is 11.8 Å². The molecule has 1 aromatic rings. The van der Waals surface area contributed by atoms with Gasteiger partial charge in [0.15, 0.2) is 0 Å². The van der Waals surface area contributed by atoms with E-state index in [0.29, 0.717) is 17.5 Å². The normalized spacial score (nSPS) is 16.4. The van der Waals surface area contributed by atoms with Crippen LogP contribution in [0.25, 0.3) is 0 Å². The summed E-state index contributed by atoms with van der Waals surface area (Å²) < 4.78 is 0. The van der Waals surface area contributed by atoms with Crippen LogP contribution in [0.3, 0.4) is 0 Å². The van der Waals surface area contributed by atoms with Gasteiger partial charge in [-0.05, 0) is 38.3 Å². The van der Waals surface area contributed by atoms with Crippen LogP contribution in [-0.2, 0) is 0 Å². The zero-order chi connectivity index (χ0) is 15.6. The Bertz CT molecular complexity index is 576. The van der Waals surface area contributed by atoms with Gasteiger partial charge in [0, 0.05) is 6.04 Å². The summed E-state index contributed by atoms with van der Waals surface area (Å²) in [6.07, 6.45) is 4.52. The molecule has 0 saturated heterocycles. The van der Waals surface area contributed by atoms with Crippen LogP contribution in [0.4, 0.5) is 0 Å². The Hall–Kier alpha value is -2.16. The Morgan fingerprint density at radius 1 is 1.19 bits per heavy atom. The highest BCUT2D eigenvalue weighted by atomic mass is 16.2. The van der Waals surface area contributed by atoms with Gasteiger partial charge in [0.1, 0.15) is 0 Å². The molecule has 0 spiro atoms. The van der Waals surface area contributed by atoms with Gasteiger partial charge in [-0.2, -0.15) is 0 Å². The van der Waals surface area contributed by atoms with Crippen molar-refractivity contribution < 1.29 is 9.59 Å². The van der Waals surface area contributed by atoms with E-state index in [1.807, 2.05) is 20.8 Å². The monoisotopic (exact) mass is 283 g/mol. The molecule has 0 N–H and O–H groups in total. The summed E-state index contributed by atoms with van der Waals surface area (Å²) in [4.78, 5) is 26.5. The number of hydrogen-bond donors (Lipinski definition) is 0. The van der Waals surface area contributed by atoms with E-state index in [1.165, 1.54) is 10.5 Å². The molecule has 0 aliphatic carbocycles. The molecule has 1 heterocycles. The number of allylic oxidation sites excluding steroid dienone is 1. The zero-order valence-corrected chi connectivity index (χ0v) is 12.8. The van der Waals surface area contributed by atoms with Crippen molar-refractivity contribution in [3.63, 3.8) is 0 Å². The van der Waals surface area contributed by atoms with Crippen LogP contribution in [0.15, 0.2) is 48.6 Å². The lowest BCUT2D eigenvalue weighted by Gasteiger charge is -2.29. The molecule has 1 aliphatic rings. The van der Waals surface area contributed by atoms with Gasteiger partial charge < -0.3 is 0 Å². The van der Waals surface area contributed by atoms with Crippen molar-refractivity contribution in [2.75, 3.05) is 0 Å². The van der Waals surface area contributed by atoms with Crippen LogP contribution in [0, 0.1) is 5.92 Å². The summed E-state index contributed by atoms with van der Waals surface area (Å²) in [5.41, 5.74) is 2.18. The molecule has 0 radical (unpaired) electrons. The van der Waals surface area contributed by atoms with E-state index < -0.39 is 0 Å². The van der Waals surface area contributed by atoms with Crippen LogP contribution in [0.2, 0.25) is 0 Å². The molecule has 0 aromatic heterocycles. The number of rotatable bonds is 5. The van der Waals surface area contributed by atoms with Crippen molar-refractivity contribution in [3.8, 4) is 0 Å². The second kappa shape index (κ2) is 6.08. The van der Waals surface area contributed by atoms with Crippen molar-refractivity contribution in [2.24, 2.45) is 5.92 Å². The van der Waals surface area contributed by atoms with Gasteiger partial charge in [-0.15, -0.1) is 6.58 Å². The lowest BCUT2D eigenvalue weighted by atomic mass is 9.96. The van der Waals surface area contributed by atoms with E-state index in [1.54, 1.807) is 30.3 Å². The molecule has 110 valence electrons. The van der Waals surface area contributed by atoms with E-state index in [9.17, 15) is 9.59 Å². The van der Waals surface area contributed by atoms with Crippen molar-refractivity contribution in [1.29, 1.82) is 0 Å². The summed E-state index contributed by atoms with van der Waals surface area (Å²) in [5, 5.41) is 0. The summed E-state index contributed by atoms with van der Waals surface area (Å²) in [7, 11) is 0. The molecule has 0 fully saturated rings. The third-order valence-corrected chi connectivity index (χ3v) is 3.90. The van der Waals surface area contributed by atoms with E-state index >= 15 is 0 Å². The zero-order valence-electron chi connectivity index (χ0n) is 12.8. The highest BCUT2D eigenvalue weighted by molar-refractivity contribution is 6.21. The topological polar surface area (TPSA) is 37.4 Å². The van der Waals surface area contributed by atoms with Gasteiger partial charge in [0.25, 0.3) is 11.8 Å². The van der Waals surface area contributed by atoms with Crippen LogP contribution in [-0.4, -0.2) is 22.8 Å². The quantitative estimate of drug-likeness (QED) is 0.608. The first-order chi connectivity index (χ1) is 9.97. The molecule has 2 atom stereocenters. The number of carbonyl (C=O) groups excluding carboxylic acids is 2. The maximum Gasteiger partial charge on any atom is 0.261 e. The van der Waals surface area contributed by atoms with Crippen LogP contribution < -0.4 is 0 Å². The molecule has 0 unspecified atom stereocenters. The number of imide groups is 1. The van der Waals surface area contributed by atoms with Gasteiger partial charge in [-0.25, -0.2) is 0 Å². The number of amides is 2. The number of nitrogens with zero attached hydrogens (tertiary/aromatic N) is 1. The fourth-order valence-electron chi connectivity index (χ4n) is 2.58. The predicted octanol–water partition coefficient (Wildman–Crippen LogP) is 3.83. The van der Waals surface area contributed by atoms with Gasteiger partial charge in [-0.1, -0.05) is 36.8 Å². The van der Waals surface area contributed by atoms with Gasteiger partial charge in [-0.3, -0.25) is 14.5 Å². The molecular formula is C18H21NO2. The number of benzene rings is 1. The number of fused-ring (bicyclic) bond motifs is 1. The molecule has 2 rings (SSSR count). The average Bonchev–Trinajstić information content (AvgIpc) is 2.72. The van der Waals surface area contributed by atoms with Crippen LogP contribution in [0.1, 0.15) is 47.9 Å². The van der Waals surface area contributed by atoms with Crippen LogP contribution in [0.5, 0.6) is 0 Å². The van der Waals surface area contributed by atoms with E-state index in [2.05, 4.69) is 12.7 Å². The Kier molecular flexibility index (Phi) is 4.41. The first kappa shape index (κ1) is 15.2. The number of carbonyl (C=O) groups is 2. The summed E-state index contributed by atoms with van der Waals surface area (Å²) in [5.74, 6) is -0.351. The Morgan fingerprint density at radius 2 is 1.71 bits per heavy atom. The van der Waals surface area contributed by atoms with E-state index in [-0.39, 0.29) is 23.8 Å².